The van der Waals surface area contributed by atoms with E-state index in [-0.39, 0.29) is 5.56 Å². The average molecular weight is 395 g/mol. The first kappa shape index (κ1) is 20.2. The van der Waals surface area contributed by atoms with Gasteiger partial charge in [0.05, 0.1) is 12.8 Å². The molecule has 0 radical (unpaired) electrons. The summed E-state index contributed by atoms with van der Waals surface area (Å²) in [7, 11) is 1.43. The van der Waals surface area contributed by atoms with Crippen LogP contribution < -0.4 is 15.4 Å². The van der Waals surface area contributed by atoms with Crippen LogP contribution in [0.15, 0.2) is 42.5 Å². The zero-order valence-corrected chi connectivity index (χ0v) is 15.0. The second-order valence-electron chi connectivity index (χ2n) is 5.25. The highest BCUT2D eigenvalue weighted by Crippen LogP contribution is 2.27. The van der Waals surface area contributed by atoms with Gasteiger partial charge in [-0.15, -0.1) is 0 Å². The van der Waals surface area contributed by atoms with E-state index in [0.717, 1.165) is 6.07 Å². The Morgan fingerprint density at radius 3 is 2.63 bits per heavy atom. The number of hydrogen-bond donors (Lipinski definition) is 2. The number of carbonyl (C=O) groups excluding carboxylic acids is 3. The molecule has 2 N–H and O–H groups in total. The van der Waals surface area contributed by atoms with Gasteiger partial charge in [0, 0.05) is 10.6 Å². The number of esters is 1. The molecule has 0 spiro atoms. The van der Waals surface area contributed by atoms with Crippen LogP contribution >= 0.6 is 11.6 Å². The molecule has 2 aromatic carbocycles. The number of amides is 2. The zero-order chi connectivity index (χ0) is 19.8. The largest absolute Gasteiger partial charge is 0.495 e. The number of anilines is 1. The Morgan fingerprint density at radius 2 is 1.93 bits per heavy atom. The van der Waals surface area contributed by atoms with Crippen molar-refractivity contribution < 1.29 is 28.2 Å². The highest BCUT2D eigenvalue weighted by Gasteiger charge is 2.13. The maximum Gasteiger partial charge on any atom is 0.325 e. The highest BCUT2D eigenvalue weighted by molar-refractivity contribution is 6.31. The van der Waals surface area contributed by atoms with Gasteiger partial charge in [0.1, 0.15) is 18.1 Å². The van der Waals surface area contributed by atoms with Crippen molar-refractivity contribution in [2.75, 3.05) is 25.6 Å². The summed E-state index contributed by atoms with van der Waals surface area (Å²) in [6.45, 7) is -1.03. The van der Waals surface area contributed by atoms with Gasteiger partial charge in [0.15, 0.2) is 6.61 Å². The molecule has 0 unspecified atom stereocenters. The van der Waals surface area contributed by atoms with Crippen LogP contribution in [0.2, 0.25) is 5.02 Å². The molecule has 0 heterocycles. The fourth-order valence-corrected chi connectivity index (χ4v) is 2.22. The van der Waals surface area contributed by atoms with Crippen LogP contribution in [-0.2, 0) is 14.3 Å². The second-order valence-corrected chi connectivity index (χ2v) is 5.68. The van der Waals surface area contributed by atoms with E-state index in [1.807, 2.05) is 0 Å². The van der Waals surface area contributed by atoms with Gasteiger partial charge in [-0.05, 0) is 36.4 Å². The minimum absolute atomic E-state index is 0.0635. The highest BCUT2D eigenvalue weighted by atomic mass is 35.5. The van der Waals surface area contributed by atoms with Gasteiger partial charge in [-0.1, -0.05) is 17.7 Å². The number of nitrogens with one attached hydrogen (secondary N) is 2. The molecule has 9 heteroatoms. The predicted octanol–water partition coefficient (Wildman–Crippen LogP) is 2.40. The van der Waals surface area contributed by atoms with Crippen molar-refractivity contribution in [3.8, 4) is 5.75 Å². The van der Waals surface area contributed by atoms with Gasteiger partial charge >= 0.3 is 5.97 Å². The van der Waals surface area contributed by atoms with Crippen LogP contribution in [0.3, 0.4) is 0 Å². The third-order valence-electron chi connectivity index (χ3n) is 3.28. The number of ether oxygens (including phenoxy) is 2. The molecule has 0 fully saturated rings. The molecule has 0 aliphatic carbocycles. The van der Waals surface area contributed by atoms with Crippen molar-refractivity contribution in [3.63, 3.8) is 0 Å². The summed E-state index contributed by atoms with van der Waals surface area (Å²) in [5.41, 5.74) is 0.388. The fraction of sp³-hybridized carbons (Fsp3) is 0.167. The number of benzene rings is 2. The van der Waals surface area contributed by atoms with Crippen LogP contribution in [0, 0.1) is 5.82 Å². The lowest BCUT2D eigenvalue weighted by atomic mass is 10.2. The Kier molecular flexibility index (Phi) is 7.13. The summed E-state index contributed by atoms with van der Waals surface area (Å²) >= 11 is 5.86. The lowest BCUT2D eigenvalue weighted by Crippen LogP contribution is -2.32. The van der Waals surface area contributed by atoms with E-state index in [4.69, 9.17) is 21.1 Å². The Morgan fingerprint density at radius 1 is 1.15 bits per heavy atom. The van der Waals surface area contributed by atoms with Gasteiger partial charge in [-0.2, -0.15) is 0 Å². The lowest BCUT2D eigenvalue weighted by Gasteiger charge is -2.11. The van der Waals surface area contributed by atoms with Crippen molar-refractivity contribution >= 4 is 35.1 Å². The molecule has 0 aliphatic heterocycles. The molecule has 7 nitrogen and oxygen atoms in total. The average Bonchev–Trinajstić information content (AvgIpc) is 2.64. The maximum atomic E-state index is 13.1. The molecular formula is C18H16ClFN2O5. The number of rotatable bonds is 7. The molecule has 142 valence electrons. The third kappa shape index (κ3) is 6.27. The molecule has 0 atom stereocenters. The molecule has 0 saturated carbocycles. The fourth-order valence-electron chi connectivity index (χ4n) is 2.05. The SMILES string of the molecule is COc1ccc(Cl)cc1NC(=O)COC(=O)CNC(=O)c1cccc(F)c1. The second kappa shape index (κ2) is 9.54. The quantitative estimate of drug-likeness (QED) is 0.703. The standard InChI is InChI=1S/C18H16ClFN2O5/c1-26-15-6-5-12(19)8-14(15)22-16(23)10-27-17(24)9-21-18(25)11-3-2-4-13(20)7-11/h2-8H,9-10H2,1H3,(H,21,25)(H,22,23). The van der Waals surface area contributed by atoms with Gasteiger partial charge < -0.3 is 20.1 Å². The minimum atomic E-state index is -0.826. The first-order valence-corrected chi connectivity index (χ1v) is 8.09. The van der Waals surface area contributed by atoms with E-state index in [1.165, 1.54) is 31.4 Å². The molecule has 27 heavy (non-hydrogen) atoms. The Hall–Kier alpha value is -3.13. The lowest BCUT2D eigenvalue weighted by molar-refractivity contribution is -0.146. The summed E-state index contributed by atoms with van der Waals surface area (Å²) in [5.74, 6) is -2.26. The van der Waals surface area contributed by atoms with Gasteiger partial charge in [-0.25, -0.2) is 4.39 Å². The molecule has 2 aromatic rings. The zero-order valence-electron chi connectivity index (χ0n) is 14.3. The molecule has 0 bridgehead atoms. The topological polar surface area (TPSA) is 93.7 Å². The first-order valence-electron chi connectivity index (χ1n) is 7.72. The molecule has 0 saturated heterocycles. The van der Waals surface area contributed by atoms with Crippen molar-refractivity contribution in [3.05, 3.63) is 58.9 Å². The van der Waals surface area contributed by atoms with Crippen LogP contribution in [0.1, 0.15) is 10.4 Å². The van der Waals surface area contributed by atoms with Crippen LogP contribution in [0.4, 0.5) is 10.1 Å². The summed E-state index contributed by atoms with van der Waals surface area (Å²) in [5, 5.41) is 5.17. The van der Waals surface area contributed by atoms with Crippen molar-refractivity contribution in [2.45, 2.75) is 0 Å². The smallest absolute Gasteiger partial charge is 0.325 e. The van der Waals surface area contributed by atoms with E-state index in [0.29, 0.717) is 16.5 Å². The molecule has 0 aromatic heterocycles. The van der Waals surface area contributed by atoms with Gasteiger partial charge in [0.2, 0.25) is 0 Å². The van der Waals surface area contributed by atoms with Gasteiger partial charge in [-0.3, -0.25) is 14.4 Å². The minimum Gasteiger partial charge on any atom is -0.495 e. The molecule has 2 amide bonds. The van der Waals surface area contributed by atoms with Crippen molar-refractivity contribution in [1.29, 1.82) is 0 Å². The molecule has 0 aliphatic rings. The summed E-state index contributed by atoms with van der Waals surface area (Å²) in [4.78, 5) is 35.3. The van der Waals surface area contributed by atoms with Crippen LogP contribution in [0.5, 0.6) is 5.75 Å². The number of halogens is 2. The molecular weight excluding hydrogens is 379 g/mol. The van der Waals surface area contributed by atoms with Crippen molar-refractivity contribution in [1.82, 2.24) is 5.32 Å². The monoisotopic (exact) mass is 394 g/mol. The summed E-state index contributed by atoms with van der Waals surface area (Å²) < 4.78 is 22.9. The third-order valence-corrected chi connectivity index (χ3v) is 3.52. The van der Waals surface area contributed by atoms with Crippen LogP contribution in [0.25, 0.3) is 0 Å². The van der Waals surface area contributed by atoms with Crippen LogP contribution in [-0.4, -0.2) is 38.0 Å². The molecule has 2 rings (SSSR count). The first-order chi connectivity index (χ1) is 12.9. The van der Waals surface area contributed by atoms with E-state index < -0.39 is 36.8 Å². The van der Waals surface area contributed by atoms with E-state index in [9.17, 15) is 18.8 Å². The normalized spacial score (nSPS) is 10.0. The summed E-state index contributed by atoms with van der Waals surface area (Å²) in [6, 6.07) is 9.65. The number of hydrogen-bond acceptors (Lipinski definition) is 5. The van der Waals surface area contributed by atoms with E-state index in [1.54, 1.807) is 12.1 Å². The van der Waals surface area contributed by atoms with Gasteiger partial charge in [0.25, 0.3) is 11.8 Å². The van der Waals surface area contributed by atoms with Crippen molar-refractivity contribution in [2.24, 2.45) is 0 Å². The number of methoxy groups -OCH3 is 1. The Balaban J connectivity index is 1.79. The predicted molar refractivity (Wildman–Crippen MR) is 96.3 cm³/mol. The Bertz CT molecular complexity index is 859. The van der Waals surface area contributed by atoms with E-state index in [2.05, 4.69) is 10.6 Å². The number of carbonyl (C=O) groups is 3. The Labute approximate surface area is 159 Å². The summed E-state index contributed by atoms with van der Waals surface area (Å²) in [6.07, 6.45) is 0. The maximum absolute atomic E-state index is 13.1. The van der Waals surface area contributed by atoms with E-state index >= 15 is 0 Å².